The van der Waals surface area contributed by atoms with E-state index in [2.05, 4.69) is 15.0 Å². The van der Waals surface area contributed by atoms with Crippen molar-refractivity contribution in [3.05, 3.63) is 83.5 Å². The number of carbonyl (C=O) groups is 1. The fraction of sp³-hybridized carbons (Fsp3) is 0.0833. The van der Waals surface area contributed by atoms with Crippen molar-refractivity contribution in [2.24, 2.45) is 0 Å². The van der Waals surface area contributed by atoms with Gasteiger partial charge in [0.1, 0.15) is 17.3 Å². The van der Waals surface area contributed by atoms with Gasteiger partial charge in [0.05, 0.1) is 36.1 Å². The van der Waals surface area contributed by atoms with E-state index in [1.54, 1.807) is 49.9 Å². The van der Waals surface area contributed by atoms with Gasteiger partial charge >= 0.3 is 0 Å². The van der Waals surface area contributed by atoms with Crippen LogP contribution in [0.1, 0.15) is 10.4 Å². The number of para-hydroxylation sites is 1. The van der Waals surface area contributed by atoms with Crippen molar-refractivity contribution < 1.29 is 27.1 Å². The molecule has 0 atom stereocenters. The van der Waals surface area contributed by atoms with Crippen molar-refractivity contribution in [3.8, 4) is 22.8 Å². The number of rotatable bonds is 8. The number of hydrogen-bond donors (Lipinski definition) is 2. The zero-order chi connectivity index (χ0) is 25.0. The molecule has 0 radical (unpaired) electrons. The van der Waals surface area contributed by atoms with Gasteiger partial charge in [0.25, 0.3) is 15.9 Å². The van der Waals surface area contributed by atoms with Crippen molar-refractivity contribution in [2.45, 2.75) is 4.90 Å². The first kappa shape index (κ1) is 24.2. The van der Waals surface area contributed by atoms with Gasteiger partial charge in [0, 0.05) is 10.9 Å². The van der Waals surface area contributed by atoms with Crippen LogP contribution in [-0.2, 0) is 10.0 Å². The van der Waals surface area contributed by atoms with E-state index in [1.165, 1.54) is 23.5 Å². The Morgan fingerprint density at radius 3 is 2.46 bits per heavy atom. The first-order valence-electron chi connectivity index (χ1n) is 10.2. The fourth-order valence-corrected chi connectivity index (χ4v) is 5.01. The number of thiazole rings is 1. The van der Waals surface area contributed by atoms with Crippen LogP contribution in [0.3, 0.4) is 0 Å². The smallest absolute Gasteiger partial charge is 0.261 e. The highest BCUT2D eigenvalue weighted by Crippen LogP contribution is 2.35. The van der Waals surface area contributed by atoms with Crippen molar-refractivity contribution in [2.75, 3.05) is 24.3 Å². The maximum Gasteiger partial charge on any atom is 0.261 e. The molecule has 11 heteroatoms. The summed E-state index contributed by atoms with van der Waals surface area (Å²) >= 11 is 1.20. The minimum atomic E-state index is -4.04. The van der Waals surface area contributed by atoms with Crippen LogP contribution in [0.25, 0.3) is 11.3 Å². The summed E-state index contributed by atoms with van der Waals surface area (Å²) in [6.07, 6.45) is 0. The van der Waals surface area contributed by atoms with Gasteiger partial charge in [-0.2, -0.15) is 0 Å². The summed E-state index contributed by atoms with van der Waals surface area (Å²) in [5, 5.41) is 4.77. The van der Waals surface area contributed by atoms with Gasteiger partial charge in [0.15, 0.2) is 5.13 Å². The molecule has 0 bridgehead atoms. The average Bonchev–Trinajstić information content (AvgIpc) is 3.32. The van der Waals surface area contributed by atoms with Gasteiger partial charge in [-0.15, -0.1) is 11.3 Å². The number of anilines is 2. The predicted molar refractivity (Wildman–Crippen MR) is 132 cm³/mol. The van der Waals surface area contributed by atoms with Crippen molar-refractivity contribution in [1.29, 1.82) is 0 Å². The number of ether oxygens (including phenoxy) is 2. The van der Waals surface area contributed by atoms with Crippen LogP contribution >= 0.6 is 11.3 Å². The molecule has 8 nitrogen and oxygen atoms in total. The third-order valence-corrected chi connectivity index (χ3v) is 7.09. The second kappa shape index (κ2) is 10.1. The van der Waals surface area contributed by atoms with Gasteiger partial charge < -0.3 is 9.47 Å². The Bertz CT molecular complexity index is 1470. The lowest BCUT2D eigenvalue weighted by Crippen LogP contribution is -2.18. The molecule has 0 saturated carbocycles. The zero-order valence-electron chi connectivity index (χ0n) is 18.6. The Kier molecular flexibility index (Phi) is 6.99. The number of aromatic nitrogens is 1. The van der Waals surface area contributed by atoms with E-state index in [-0.39, 0.29) is 16.1 Å². The van der Waals surface area contributed by atoms with Gasteiger partial charge in [-0.25, -0.2) is 17.8 Å². The number of amides is 1. The number of halogens is 1. The van der Waals surface area contributed by atoms with Crippen LogP contribution in [0.5, 0.6) is 11.5 Å². The highest BCUT2D eigenvalue weighted by atomic mass is 32.2. The van der Waals surface area contributed by atoms with Crippen LogP contribution in [0, 0.1) is 5.82 Å². The molecule has 0 unspecified atom stereocenters. The minimum Gasteiger partial charge on any atom is -0.497 e. The number of sulfonamides is 1. The maximum atomic E-state index is 13.2. The van der Waals surface area contributed by atoms with E-state index >= 15 is 0 Å². The Morgan fingerprint density at radius 2 is 1.74 bits per heavy atom. The van der Waals surface area contributed by atoms with Gasteiger partial charge in [0.2, 0.25) is 0 Å². The van der Waals surface area contributed by atoms with Gasteiger partial charge in [-0.3, -0.25) is 14.8 Å². The summed E-state index contributed by atoms with van der Waals surface area (Å²) < 4.78 is 51.7. The van der Waals surface area contributed by atoms with Gasteiger partial charge in [-0.1, -0.05) is 12.1 Å². The molecule has 4 rings (SSSR count). The molecule has 180 valence electrons. The number of benzene rings is 3. The molecule has 0 fully saturated rings. The molecule has 0 aliphatic rings. The van der Waals surface area contributed by atoms with Crippen molar-refractivity contribution in [3.63, 3.8) is 0 Å². The highest BCUT2D eigenvalue weighted by Gasteiger charge is 2.20. The lowest BCUT2D eigenvalue weighted by Gasteiger charge is -2.12. The van der Waals surface area contributed by atoms with E-state index in [4.69, 9.17) is 9.47 Å². The second-order valence-electron chi connectivity index (χ2n) is 7.16. The van der Waals surface area contributed by atoms with Crippen LogP contribution in [0.2, 0.25) is 0 Å². The van der Waals surface area contributed by atoms with E-state index in [0.717, 1.165) is 24.3 Å². The Balaban J connectivity index is 1.57. The lowest BCUT2D eigenvalue weighted by atomic mass is 10.1. The molecule has 0 aliphatic carbocycles. The summed E-state index contributed by atoms with van der Waals surface area (Å²) in [7, 11) is -0.939. The summed E-state index contributed by atoms with van der Waals surface area (Å²) in [6, 6.07) is 15.8. The first-order chi connectivity index (χ1) is 16.8. The van der Waals surface area contributed by atoms with E-state index in [0.29, 0.717) is 27.9 Å². The van der Waals surface area contributed by atoms with Crippen LogP contribution in [0.15, 0.2) is 77.0 Å². The van der Waals surface area contributed by atoms with E-state index < -0.39 is 21.7 Å². The normalized spacial score (nSPS) is 11.1. The first-order valence-corrected chi connectivity index (χ1v) is 12.5. The monoisotopic (exact) mass is 513 g/mol. The fourth-order valence-electron chi connectivity index (χ4n) is 3.22. The average molecular weight is 514 g/mol. The van der Waals surface area contributed by atoms with Crippen molar-refractivity contribution in [1.82, 2.24) is 4.98 Å². The lowest BCUT2D eigenvalue weighted by molar-refractivity contribution is 0.102. The molecular formula is C24H20FN3O5S2. The third kappa shape index (κ3) is 5.42. The molecule has 0 aliphatic heterocycles. The van der Waals surface area contributed by atoms with E-state index in [1.807, 2.05) is 0 Å². The third-order valence-electron chi connectivity index (χ3n) is 4.95. The molecule has 3 aromatic carbocycles. The largest absolute Gasteiger partial charge is 0.497 e. The number of hydrogen-bond acceptors (Lipinski definition) is 7. The molecule has 1 amide bonds. The molecule has 1 heterocycles. The number of carbonyl (C=O) groups excluding carboxylic acids is 1. The zero-order valence-corrected chi connectivity index (χ0v) is 20.2. The van der Waals surface area contributed by atoms with Crippen LogP contribution in [-0.4, -0.2) is 33.5 Å². The Labute approximate surface area is 205 Å². The SMILES string of the molecule is COc1ccc(OC)c(-c2csc(NC(=O)c3ccccc3NS(=O)(=O)c3ccc(F)cc3)n2)c1. The molecule has 4 aromatic rings. The molecule has 35 heavy (non-hydrogen) atoms. The molecule has 1 aromatic heterocycles. The molecular weight excluding hydrogens is 493 g/mol. The summed E-state index contributed by atoms with van der Waals surface area (Å²) in [6.45, 7) is 0. The molecule has 0 spiro atoms. The summed E-state index contributed by atoms with van der Waals surface area (Å²) in [5.74, 6) is 0.107. The predicted octanol–water partition coefficient (Wildman–Crippen LogP) is 5.02. The Morgan fingerprint density at radius 1 is 1.00 bits per heavy atom. The number of nitrogens with one attached hydrogen (secondary N) is 2. The summed E-state index contributed by atoms with van der Waals surface area (Å²) in [5.41, 5.74) is 1.43. The van der Waals surface area contributed by atoms with Gasteiger partial charge in [-0.05, 0) is 54.6 Å². The van der Waals surface area contributed by atoms with Crippen LogP contribution < -0.4 is 19.5 Å². The minimum absolute atomic E-state index is 0.0700. The maximum absolute atomic E-state index is 13.2. The standard InChI is InChI=1S/C24H20FN3O5S2/c1-32-16-9-12-22(33-2)19(13-16)21-14-34-24(26-21)27-23(29)18-5-3-4-6-20(18)28-35(30,31)17-10-7-15(25)8-11-17/h3-14,28H,1-2H3,(H,26,27,29). The van der Waals surface area contributed by atoms with Crippen molar-refractivity contribution >= 4 is 38.1 Å². The Hall–Kier alpha value is -3.96. The number of nitrogens with zero attached hydrogens (tertiary/aromatic N) is 1. The molecule has 2 N–H and O–H groups in total. The summed E-state index contributed by atoms with van der Waals surface area (Å²) in [4.78, 5) is 17.3. The topological polar surface area (TPSA) is 107 Å². The molecule has 0 saturated heterocycles. The second-order valence-corrected chi connectivity index (χ2v) is 9.70. The van der Waals surface area contributed by atoms with Crippen LogP contribution in [0.4, 0.5) is 15.2 Å². The number of methoxy groups -OCH3 is 2. The quantitative estimate of drug-likeness (QED) is 0.343. The van der Waals surface area contributed by atoms with E-state index in [9.17, 15) is 17.6 Å². The highest BCUT2D eigenvalue weighted by molar-refractivity contribution is 7.92.